The number of nitro groups is 1. The number of fused-ring (bicyclic) bond motifs is 1. The molecule has 29 heavy (non-hydrogen) atoms. The summed E-state index contributed by atoms with van der Waals surface area (Å²) in [7, 11) is 2.01. The molecule has 0 radical (unpaired) electrons. The van der Waals surface area contributed by atoms with Crippen molar-refractivity contribution in [3.05, 3.63) is 62.1 Å². The van der Waals surface area contributed by atoms with Gasteiger partial charge in [-0.2, -0.15) is 0 Å². The molecule has 1 aliphatic heterocycles. The van der Waals surface area contributed by atoms with Crippen molar-refractivity contribution < 1.29 is 13.7 Å². The minimum absolute atomic E-state index is 0.188. The van der Waals surface area contributed by atoms with Crippen molar-refractivity contribution in [2.45, 2.75) is 0 Å². The summed E-state index contributed by atoms with van der Waals surface area (Å²) in [6.45, 7) is 3.00. The second kappa shape index (κ2) is 7.47. The van der Waals surface area contributed by atoms with E-state index < -0.39 is 16.3 Å². The third kappa shape index (κ3) is 3.87. The fourth-order valence-electron chi connectivity index (χ4n) is 3.23. The first kappa shape index (κ1) is 18.8. The molecule has 9 nitrogen and oxygen atoms in total. The molecular formula is C19H18FN5O4. The second-order valence-electron chi connectivity index (χ2n) is 6.83. The molecule has 0 amide bonds. The van der Waals surface area contributed by atoms with E-state index in [0.717, 1.165) is 13.1 Å². The Morgan fingerprint density at radius 2 is 2.00 bits per heavy atom. The van der Waals surface area contributed by atoms with E-state index in [9.17, 15) is 19.3 Å². The van der Waals surface area contributed by atoms with Gasteiger partial charge in [0, 0.05) is 32.2 Å². The van der Waals surface area contributed by atoms with Crippen LogP contribution in [0.5, 0.6) is 0 Å². The van der Waals surface area contributed by atoms with Crippen molar-refractivity contribution in [3.8, 4) is 0 Å². The van der Waals surface area contributed by atoms with Crippen LogP contribution in [0.1, 0.15) is 11.6 Å². The zero-order valence-electron chi connectivity index (χ0n) is 15.6. The molecule has 0 aliphatic carbocycles. The summed E-state index contributed by atoms with van der Waals surface area (Å²) in [5.41, 5.74) is 0.230. The fourth-order valence-corrected chi connectivity index (χ4v) is 3.23. The standard InChI is InChI=1S/C19H18FN5O4/c1-23-6-8-24(9-7-23)16-10-13-15(11-14(16)20)21-17(22-19(13)26)4-2-12-3-5-18(29-12)25(27)28/h2-5,10-11H,6-9H2,1H3,(H,21,22,26)/b4-2+. The number of anilines is 1. The van der Waals surface area contributed by atoms with Gasteiger partial charge >= 0.3 is 5.88 Å². The van der Waals surface area contributed by atoms with Gasteiger partial charge < -0.3 is 19.2 Å². The van der Waals surface area contributed by atoms with Gasteiger partial charge in [-0.15, -0.1) is 0 Å². The van der Waals surface area contributed by atoms with Gasteiger partial charge in [0.05, 0.1) is 22.7 Å². The monoisotopic (exact) mass is 399 g/mol. The van der Waals surface area contributed by atoms with E-state index in [1.807, 2.05) is 11.9 Å². The first-order valence-electron chi connectivity index (χ1n) is 9.00. The lowest BCUT2D eigenvalue weighted by atomic mass is 10.1. The smallest absolute Gasteiger partial charge is 0.401 e. The zero-order valence-corrected chi connectivity index (χ0v) is 15.6. The molecule has 1 saturated heterocycles. The van der Waals surface area contributed by atoms with Crippen LogP contribution < -0.4 is 10.5 Å². The molecule has 1 aromatic carbocycles. The summed E-state index contributed by atoms with van der Waals surface area (Å²) in [5.74, 6) is -0.399. The summed E-state index contributed by atoms with van der Waals surface area (Å²) in [4.78, 5) is 33.5. The minimum Gasteiger partial charge on any atom is -0.401 e. The Hall–Kier alpha value is -3.53. The number of hydrogen-bond donors (Lipinski definition) is 1. The Kier molecular flexibility index (Phi) is 4.85. The van der Waals surface area contributed by atoms with Gasteiger partial charge in [0.1, 0.15) is 22.3 Å². The van der Waals surface area contributed by atoms with Crippen LogP contribution in [0.15, 0.2) is 33.5 Å². The number of piperazine rings is 1. The Labute approximate surface area is 164 Å². The highest BCUT2D eigenvalue weighted by atomic mass is 19.1. The molecule has 3 heterocycles. The van der Waals surface area contributed by atoms with Crippen molar-refractivity contribution >= 4 is 34.6 Å². The van der Waals surface area contributed by atoms with Crippen LogP contribution in [0.4, 0.5) is 16.0 Å². The lowest BCUT2D eigenvalue weighted by molar-refractivity contribution is -0.402. The van der Waals surface area contributed by atoms with Crippen molar-refractivity contribution in [1.29, 1.82) is 0 Å². The van der Waals surface area contributed by atoms with Gasteiger partial charge in [0.2, 0.25) is 0 Å². The Bertz CT molecular complexity index is 1160. The number of benzene rings is 1. The normalized spacial score (nSPS) is 15.4. The predicted molar refractivity (Wildman–Crippen MR) is 106 cm³/mol. The molecule has 1 aliphatic rings. The number of hydrogen-bond acceptors (Lipinski definition) is 7. The second-order valence-corrected chi connectivity index (χ2v) is 6.83. The number of aromatic amines is 1. The molecule has 2 aromatic heterocycles. The van der Waals surface area contributed by atoms with Crippen LogP contribution in [-0.2, 0) is 0 Å². The van der Waals surface area contributed by atoms with E-state index >= 15 is 0 Å². The number of rotatable bonds is 4. The van der Waals surface area contributed by atoms with E-state index in [4.69, 9.17) is 4.42 Å². The molecule has 0 unspecified atom stereocenters. The maximum absolute atomic E-state index is 14.7. The van der Waals surface area contributed by atoms with Crippen LogP contribution in [-0.4, -0.2) is 53.0 Å². The van der Waals surface area contributed by atoms with Gasteiger partial charge in [-0.05, 0) is 31.3 Å². The number of halogens is 1. The molecule has 0 spiro atoms. The molecule has 4 rings (SSSR count). The van der Waals surface area contributed by atoms with Gasteiger partial charge in [-0.3, -0.25) is 14.9 Å². The highest BCUT2D eigenvalue weighted by Gasteiger charge is 2.19. The first-order chi connectivity index (χ1) is 13.9. The summed E-state index contributed by atoms with van der Waals surface area (Å²) in [6.07, 6.45) is 2.88. The van der Waals surface area contributed by atoms with Crippen molar-refractivity contribution in [2.75, 3.05) is 38.1 Å². The fraction of sp³-hybridized carbons (Fsp3) is 0.263. The Balaban J connectivity index is 1.64. The Morgan fingerprint density at radius 3 is 2.69 bits per heavy atom. The highest BCUT2D eigenvalue weighted by Crippen LogP contribution is 2.25. The highest BCUT2D eigenvalue weighted by molar-refractivity contribution is 5.83. The summed E-state index contributed by atoms with van der Waals surface area (Å²) < 4.78 is 19.7. The van der Waals surface area contributed by atoms with E-state index in [2.05, 4.69) is 14.9 Å². The SMILES string of the molecule is CN1CCN(c2cc3c(=O)[nH]c(/C=C/c4ccc([N+](=O)[O-])o4)nc3cc2F)CC1. The minimum atomic E-state index is -0.645. The lowest BCUT2D eigenvalue weighted by Crippen LogP contribution is -2.44. The molecule has 0 bridgehead atoms. The largest absolute Gasteiger partial charge is 0.433 e. The van der Waals surface area contributed by atoms with Crippen molar-refractivity contribution in [2.24, 2.45) is 0 Å². The average molecular weight is 399 g/mol. The maximum Gasteiger partial charge on any atom is 0.433 e. The third-order valence-electron chi connectivity index (χ3n) is 4.83. The van der Waals surface area contributed by atoms with Gasteiger partial charge in [-0.1, -0.05) is 0 Å². The molecule has 1 N–H and O–H groups in total. The quantitative estimate of drug-likeness (QED) is 0.530. The predicted octanol–water partition coefficient (Wildman–Crippen LogP) is 2.49. The van der Waals surface area contributed by atoms with Crippen LogP contribution in [0.25, 0.3) is 23.1 Å². The topological polar surface area (TPSA) is 109 Å². The van der Waals surface area contributed by atoms with Gasteiger partial charge in [0.25, 0.3) is 5.56 Å². The van der Waals surface area contributed by atoms with E-state index in [1.165, 1.54) is 36.4 Å². The Morgan fingerprint density at radius 1 is 1.24 bits per heavy atom. The maximum atomic E-state index is 14.7. The summed E-state index contributed by atoms with van der Waals surface area (Å²) >= 11 is 0. The number of nitrogens with zero attached hydrogens (tertiary/aromatic N) is 4. The average Bonchev–Trinajstić information content (AvgIpc) is 3.16. The molecule has 0 atom stereocenters. The van der Waals surface area contributed by atoms with Crippen LogP contribution in [0.3, 0.4) is 0 Å². The molecular weight excluding hydrogens is 381 g/mol. The van der Waals surface area contributed by atoms with E-state index in [-0.39, 0.29) is 23.0 Å². The number of H-pyrrole nitrogens is 1. The van der Waals surface area contributed by atoms with Crippen molar-refractivity contribution in [1.82, 2.24) is 14.9 Å². The van der Waals surface area contributed by atoms with Crippen LogP contribution >= 0.6 is 0 Å². The van der Waals surface area contributed by atoms with Crippen molar-refractivity contribution in [3.63, 3.8) is 0 Å². The third-order valence-corrected chi connectivity index (χ3v) is 4.83. The molecule has 10 heteroatoms. The number of furan rings is 1. The molecule has 3 aromatic rings. The number of likely N-dealkylation sites (N-methyl/N-ethyl adjacent to an activating group) is 1. The zero-order chi connectivity index (χ0) is 20.5. The van der Waals surface area contributed by atoms with Gasteiger partial charge in [0.15, 0.2) is 0 Å². The first-order valence-corrected chi connectivity index (χ1v) is 9.00. The lowest BCUT2D eigenvalue weighted by Gasteiger charge is -2.34. The summed E-state index contributed by atoms with van der Waals surface area (Å²) in [6, 6.07) is 5.44. The molecule has 0 saturated carbocycles. The number of nitrogens with one attached hydrogen (secondary N) is 1. The summed E-state index contributed by atoms with van der Waals surface area (Å²) in [5, 5.41) is 11.0. The number of aromatic nitrogens is 2. The van der Waals surface area contributed by atoms with Crippen LogP contribution in [0, 0.1) is 15.9 Å². The van der Waals surface area contributed by atoms with Gasteiger partial charge in [-0.25, -0.2) is 9.37 Å². The molecule has 150 valence electrons. The van der Waals surface area contributed by atoms with E-state index in [0.29, 0.717) is 24.2 Å². The van der Waals surface area contributed by atoms with Crippen LogP contribution in [0.2, 0.25) is 0 Å². The molecule has 1 fully saturated rings. The van der Waals surface area contributed by atoms with E-state index in [1.54, 1.807) is 0 Å².